The highest BCUT2D eigenvalue weighted by Gasteiger charge is 2.18. The Hall–Kier alpha value is -1.18. The zero-order chi connectivity index (χ0) is 14.0. The van der Waals surface area contributed by atoms with E-state index >= 15 is 0 Å². The van der Waals surface area contributed by atoms with Crippen LogP contribution < -0.4 is 22.1 Å². The van der Waals surface area contributed by atoms with Crippen LogP contribution in [0.2, 0.25) is 0 Å². The largest absolute Gasteiger partial charge is 0.383 e. The van der Waals surface area contributed by atoms with Crippen LogP contribution in [-0.2, 0) is 14.3 Å². The molecule has 2 atom stereocenters. The molecular weight excluding hydrogens is 236 g/mol. The van der Waals surface area contributed by atoms with Crippen LogP contribution in [0.15, 0.2) is 0 Å². The third kappa shape index (κ3) is 7.21. The molecule has 0 aliphatic carbocycles. The number of rotatable bonds is 9. The molecule has 2 amide bonds. The van der Waals surface area contributed by atoms with Crippen molar-refractivity contribution >= 4 is 11.8 Å². The number of hydrogen-bond donors (Lipinski definition) is 4. The maximum atomic E-state index is 11.8. The first-order valence-corrected chi connectivity index (χ1v) is 6.04. The van der Waals surface area contributed by atoms with Crippen LogP contribution in [0.3, 0.4) is 0 Å². The molecule has 0 fully saturated rings. The van der Waals surface area contributed by atoms with Gasteiger partial charge in [-0.1, -0.05) is 0 Å². The van der Waals surface area contributed by atoms with Gasteiger partial charge in [0.05, 0.1) is 19.2 Å². The van der Waals surface area contributed by atoms with Crippen LogP contribution in [0, 0.1) is 0 Å². The van der Waals surface area contributed by atoms with Gasteiger partial charge >= 0.3 is 0 Å². The minimum absolute atomic E-state index is 0.0942. The molecule has 0 rings (SSSR count). The lowest BCUT2D eigenvalue weighted by molar-refractivity contribution is -0.128. The highest BCUT2D eigenvalue weighted by Crippen LogP contribution is 1.98. The lowest BCUT2D eigenvalue weighted by Crippen LogP contribution is -2.50. The van der Waals surface area contributed by atoms with Crippen molar-refractivity contribution in [3.63, 3.8) is 0 Å². The Balaban J connectivity index is 4.17. The monoisotopic (exact) mass is 260 g/mol. The van der Waals surface area contributed by atoms with Crippen LogP contribution in [0.4, 0.5) is 0 Å². The predicted molar refractivity (Wildman–Crippen MR) is 68.8 cm³/mol. The van der Waals surface area contributed by atoms with E-state index < -0.39 is 6.04 Å². The smallest absolute Gasteiger partial charge is 0.242 e. The zero-order valence-electron chi connectivity index (χ0n) is 11.1. The molecule has 6 N–H and O–H groups in total. The maximum Gasteiger partial charge on any atom is 0.242 e. The van der Waals surface area contributed by atoms with Crippen molar-refractivity contribution in [2.75, 3.05) is 26.8 Å². The standard InChI is InChI=1S/C11H24N4O3/c1-8(14-10(16)6-13)11(17)15-9(7-18-2)4-3-5-12/h8-9H,3-7,12-13H2,1-2H3,(H,14,16)(H,15,17)/t8-,9-/m0/s1. The number of nitrogens with one attached hydrogen (secondary N) is 2. The number of carbonyl (C=O) groups is 2. The Morgan fingerprint density at radius 2 is 1.94 bits per heavy atom. The highest BCUT2D eigenvalue weighted by atomic mass is 16.5. The van der Waals surface area contributed by atoms with Crippen molar-refractivity contribution in [3.8, 4) is 0 Å². The molecule has 7 heteroatoms. The summed E-state index contributed by atoms with van der Waals surface area (Å²) < 4.78 is 5.02. The zero-order valence-corrected chi connectivity index (χ0v) is 11.1. The lowest BCUT2D eigenvalue weighted by atomic mass is 10.1. The molecule has 0 bridgehead atoms. The summed E-state index contributed by atoms with van der Waals surface area (Å²) in [7, 11) is 1.57. The first-order chi connectivity index (χ1) is 8.54. The molecule has 106 valence electrons. The van der Waals surface area contributed by atoms with Gasteiger partial charge in [0.25, 0.3) is 0 Å². The molecule has 0 saturated heterocycles. The molecule has 18 heavy (non-hydrogen) atoms. The van der Waals surface area contributed by atoms with E-state index in [0.29, 0.717) is 13.2 Å². The van der Waals surface area contributed by atoms with Crippen LogP contribution in [0.5, 0.6) is 0 Å². The van der Waals surface area contributed by atoms with Gasteiger partial charge in [0.15, 0.2) is 0 Å². The summed E-state index contributed by atoms with van der Waals surface area (Å²) in [4.78, 5) is 22.8. The minimum atomic E-state index is -0.613. The molecule has 7 nitrogen and oxygen atoms in total. The molecule has 0 aromatic carbocycles. The van der Waals surface area contributed by atoms with E-state index in [4.69, 9.17) is 16.2 Å². The molecule has 0 aliphatic rings. The van der Waals surface area contributed by atoms with E-state index in [1.54, 1.807) is 14.0 Å². The average Bonchev–Trinajstić information content (AvgIpc) is 2.35. The van der Waals surface area contributed by atoms with E-state index in [0.717, 1.165) is 12.8 Å². The lowest BCUT2D eigenvalue weighted by Gasteiger charge is -2.20. The van der Waals surface area contributed by atoms with Crippen molar-refractivity contribution < 1.29 is 14.3 Å². The number of hydrogen-bond acceptors (Lipinski definition) is 5. The van der Waals surface area contributed by atoms with Gasteiger partial charge in [-0.25, -0.2) is 0 Å². The summed E-state index contributed by atoms with van der Waals surface area (Å²) in [5.74, 6) is -0.612. The fourth-order valence-electron chi connectivity index (χ4n) is 1.45. The Bertz CT molecular complexity index is 261. The molecule has 0 spiro atoms. The van der Waals surface area contributed by atoms with Crippen molar-refractivity contribution in [3.05, 3.63) is 0 Å². The van der Waals surface area contributed by atoms with Crippen molar-refractivity contribution in [2.24, 2.45) is 11.5 Å². The number of ether oxygens (including phenoxy) is 1. The first-order valence-electron chi connectivity index (χ1n) is 6.04. The number of carbonyl (C=O) groups excluding carboxylic acids is 2. The first kappa shape index (κ1) is 16.8. The molecule has 0 aliphatic heterocycles. The van der Waals surface area contributed by atoms with E-state index in [9.17, 15) is 9.59 Å². The van der Waals surface area contributed by atoms with Crippen LogP contribution in [0.1, 0.15) is 19.8 Å². The summed E-state index contributed by atoms with van der Waals surface area (Å²) in [5, 5.41) is 5.30. The summed E-state index contributed by atoms with van der Waals surface area (Å²) >= 11 is 0. The topological polar surface area (TPSA) is 119 Å². The fourth-order valence-corrected chi connectivity index (χ4v) is 1.45. The highest BCUT2D eigenvalue weighted by molar-refractivity contribution is 5.88. The summed E-state index contributed by atoms with van der Waals surface area (Å²) in [6, 6.07) is -0.707. The van der Waals surface area contributed by atoms with E-state index in [1.807, 2.05) is 0 Å². The predicted octanol–water partition coefficient (Wildman–Crippen LogP) is -1.68. The summed E-state index contributed by atoms with van der Waals surface area (Å²) in [5.41, 5.74) is 10.6. The Morgan fingerprint density at radius 3 is 2.44 bits per heavy atom. The molecule has 0 radical (unpaired) electrons. The van der Waals surface area contributed by atoms with Crippen LogP contribution in [0.25, 0.3) is 0 Å². The molecule has 0 unspecified atom stereocenters. The molecule has 0 aromatic rings. The Morgan fingerprint density at radius 1 is 1.28 bits per heavy atom. The van der Waals surface area contributed by atoms with Crippen LogP contribution in [-0.4, -0.2) is 50.7 Å². The molecule has 0 aromatic heterocycles. The maximum absolute atomic E-state index is 11.8. The van der Waals surface area contributed by atoms with Gasteiger partial charge < -0.3 is 26.8 Å². The van der Waals surface area contributed by atoms with Gasteiger partial charge in [-0.3, -0.25) is 9.59 Å². The normalized spacial score (nSPS) is 13.8. The Labute approximate surface area is 108 Å². The van der Waals surface area contributed by atoms with Crippen molar-refractivity contribution in [1.29, 1.82) is 0 Å². The van der Waals surface area contributed by atoms with Gasteiger partial charge in [-0.15, -0.1) is 0 Å². The second kappa shape index (κ2) is 9.81. The summed E-state index contributed by atoms with van der Waals surface area (Å²) in [6.07, 6.45) is 1.55. The second-order valence-corrected chi connectivity index (χ2v) is 4.09. The van der Waals surface area contributed by atoms with Crippen molar-refractivity contribution in [1.82, 2.24) is 10.6 Å². The van der Waals surface area contributed by atoms with Gasteiger partial charge in [-0.2, -0.15) is 0 Å². The minimum Gasteiger partial charge on any atom is -0.383 e. The van der Waals surface area contributed by atoms with Gasteiger partial charge in [0.2, 0.25) is 11.8 Å². The summed E-state index contributed by atoms with van der Waals surface area (Å²) in [6.45, 7) is 2.46. The molecule has 0 heterocycles. The average molecular weight is 260 g/mol. The van der Waals surface area contributed by atoms with Gasteiger partial charge in [0, 0.05) is 7.11 Å². The quantitative estimate of drug-likeness (QED) is 0.395. The number of amides is 2. The number of methoxy groups -OCH3 is 1. The van der Waals surface area contributed by atoms with E-state index in [-0.39, 0.29) is 24.4 Å². The molecular formula is C11H24N4O3. The van der Waals surface area contributed by atoms with Gasteiger partial charge in [0.1, 0.15) is 6.04 Å². The third-order valence-electron chi connectivity index (χ3n) is 2.43. The number of nitrogens with two attached hydrogens (primary N) is 2. The second-order valence-electron chi connectivity index (χ2n) is 4.09. The third-order valence-corrected chi connectivity index (χ3v) is 2.43. The molecule has 0 saturated carbocycles. The Kier molecular flexibility index (Phi) is 9.17. The fraction of sp³-hybridized carbons (Fsp3) is 0.818. The van der Waals surface area contributed by atoms with Crippen LogP contribution >= 0.6 is 0 Å². The van der Waals surface area contributed by atoms with E-state index in [1.165, 1.54) is 0 Å². The van der Waals surface area contributed by atoms with Crippen molar-refractivity contribution in [2.45, 2.75) is 31.8 Å². The van der Waals surface area contributed by atoms with E-state index in [2.05, 4.69) is 10.6 Å². The SMILES string of the molecule is COC[C@H](CCCN)NC(=O)[C@H](C)NC(=O)CN. The van der Waals surface area contributed by atoms with Gasteiger partial charge in [-0.05, 0) is 26.3 Å².